The van der Waals surface area contributed by atoms with E-state index < -0.39 is 0 Å². The maximum Gasteiger partial charge on any atom is 0.0617 e. The molecule has 1 heterocycles. The number of thioether (sulfide) groups is 1. The number of rotatable bonds is 5. The van der Waals surface area contributed by atoms with Crippen LogP contribution in [0.1, 0.15) is 32.1 Å². The molecule has 0 amide bonds. The summed E-state index contributed by atoms with van der Waals surface area (Å²) >= 11 is 8.03. The zero-order valence-electron chi connectivity index (χ0n) is 9.96. The number of halogens is 1. The Bertz CT molecular complexity index is 232. The second-order valence-electron chi connectivity index (χ2n) is 5.02. The molecule has 1 saturated heterocycles. The molecule has 2 rings (SSSR count). The number of alkyl halides is 1. The molecule has 0 N–H and O–H groups in total. The first-order chi connectivity index (χ1) is 7.81. The maximum absolute atomic E-state index is 5.96. The Balaban J connectivity index is 1.92. The van der Waals surface area contributed by atoms with Gasteiger partial charge in [0.15, 0.2) is 0 Å². The minimum Gasteiger partial charge on any atom is -0.370 e. The molecule has 0 aromatic carbocycles. The van der Waals surface area contributed by atoms with E-state index in [-0.39, 0.29) is 0 Å². The molecule has 2 aliphatic rings. The van der Waals surface area contributed by atoms with Crippen LogP contribution < -0.4 is 0 Å². The molecule has 0 aromatic heterocycles. The van der Waals surface area contributed by atoms with Crippen LogP contribution in [-0.2, 0) is 0 Å². The van der Waals surface area contributed by atoms with Gasteiger partial charge < -0.3 is 4.90 Å². The van der Waals surface area contributed by atoms with Gasteiger partial charge in [0.25, 0.3) is 0 Å². The van der Waals surface area contributed by atoms with Gasteiger partial charge in [-0.2, -0.15) is 11.8 Å². The predicted octanol–water partition coefficient (Wildman–Crippen LogP) is 3.74. The van der Waals surface area contributed by atoms with Crippen LogP contribution in [0, 0.1) is 5.92 Å². The van der Waals surface area contributed by atoms with E-state index in [9.17, 15) is 0 Å². The van der Waals surface area contributed by atoms with E-state index in [0.717, 1.165) is 11.6 Å². The van der Waals surface area contributed by atoms with Gasteiger partial charge in [-0.05, 0) is 30.9 Å². The fourth-order valence-electron chi connectivity index (χ4n) is 2.85. The topological polar surface area (TPSA) is 3.24 Å². The zero-order valence-corrected chi connectivity index (χ0v) is 11.5. The van der Waals surface area contributed by atoms with Crippen molar-refractivity contribution in [1.82, 2.24) is 4.90 Å². The predicted molar refractivity (Wildman–Crippen MR) is 74.3 cm³/mol. The van der Waals surface area contributed by atoms with Crippen LogP contribution in [0.15, 0.2) is 12.3 Å². The summed E-state index contributed by atoms with van der Waals surface area (Å²) in [7, 11) is 0. The van der Waals surface area contributed by atoms with Crippen LogP contribution in [0.3, 0.4) is 0 Å². The molecule has 16 heavy (non-hydrogen) atoms. The second kappa shape index (κ2) is 6.20. The summed E-state index contributed by atoms with van der Waals surface area (Å²) in [6.07, 6.45) is 6.97. The standard InChI is InChI=1S/C13H22ClNS/c1-11(8-14)15(13-6-7-16-10-13)9-12-4-2-3-5-12/h12-13H,1-10H2. The van der Waals surface area contributed by atoms with Crippen LogP contribution >= 0.6 is 23.4 Å². The van der Waals surface area contributed by atoms with Crippen molar-refractivity contribution < 1.29 is 0 Å². The number of allylic oxidation sites excluding steroid dienone is 1. The summed E-state index contributed by atoms with van der Waals surface area (Å²) < 4.78 is 0. The zero-order chi connectivity index (χ0) is 11.4. The van der Waals surface area contributed by atoms with Gasteiger partial charge in [-0.25, -0.2) is 0 Å². The van der Waals surface area contributed by atoms with Crippen LogP contribution in [0.4, 0.5) is 0 Å². The first-order valence-electron chi connectivity index (χ1n) is 6.39. The molecular weight excluding hydrogens is 238 g/mol. The van der Waals surface area contributed by atoms with Gasteiger partial charge in [0.1, 0.15) is 0 Å². The molecule has 1 unspecified atom stereocenters. The Morgan fingerprint density at radius 1 is 1.31 bits per heavy atom. The van der Waals surface area contributed by atoms with E-state index in [1.165, 1.54) is 50.2 Å². The molecule has 0 bridgehead atoms. The smallest absolute Gasteiger partial charge is 0.0617 e. The lowest BCUT2D eigenvalue weighted by Crippen LogP contribution is -2.38. The third-order valence-corrected chi connectivity index (χ3v) is 5.29. The highest BCUT2D eigenvalue weighted by Gasteiger charge is 2.27. The molecule has 92 valence electrons. The van der Waals surface area contributed by atoms with E-state index >= 15 is 0 Å². The molecule has 1 atom stereocenters. The summed E-state index contributed by atoms with van der Waals surface area (Å²) in [5.41, 5.74) is 1.14. The second-order valence-corrected chi connectivity index (χ2v) is 6.44. The molecule has 1 aliphatic carbocycles. The first kappa shape index (κ1) is 12.6. The third-order valence-electron chi connectivity index (χ3n) is 3.84. The lowest BCUT2D eigenvalue weighted by atomic mass is 10.1. The summed E-state index contributed by atoms with van der Waals surface area (Å²) in [5, 5.41) is 0. The number of hydrogen-bond acceptors (Lipinski definition) is 2. The molecule has 1 aliphatic heterocycles. The van der Waals surface area contributed by atoms with Gasteiger partial charge in [-0.3, -0.25) is 0 Å². The highest BCUT2D eigenvalue weighted by Crippen LogP contribution is 2.30. The van der Waals surface area contributed by atoms with Gasteiger partial charge >= 0.3 is 0 Å². The monoisotopic (exact) mass is 259 g/mol. The Kier molecular flexibility index (Phi) is 4.90. The van der Waals surface area contributed by atoms with E-state index in [2.05, 4.69) is 23.2 Å². The van der Waals surface area contributed by atoms with Gasteiger partial charge in [-0.1, -0.05) is 19.4 Å². The maximum atomic E-state index is 5.96. The minimum absolute atomic E-state index is 0.591. The molecule has 1 nitrogen and oxygen atoms in total. The Morgan fingerprint density at radius 3 is 2.62 bits per heavy atom. The summed E-state index contributed by atoms with van der Waals surface area (Å²) in [4.78, 5) is 2.52. The molecule has 0 spiro atoms. The normalized spacial score (nSPS) is 26.2. The average Bonchev–Trinajstić information content (AvgIpc) is 2.97. The largest absolute Gasteiger partial charge is 0.370 e. The number of hydrogen-bond donors (Lipinski definition) is 0. The highest BCUT2D eigenvalue weighted by molar-refractivity contribution is 7.99. The molecule has 1 saturated carbocycles. The Labute approximate surface area is 109 Å². The van der Waals surface area contributed by atoms with E-state index in [1.807, 2.05) is 0 Å². The average molecular weight is 260 g/mol. The molecule has 0 aromatic rings. The van der Waals surface area contributed by atoms with Gasteiger partial charge in [0.05, 0.1) is 5.88 Å². The van der Waals surface area contributed by atoms with Crippen LogP contribution in [0.25, 0.3) is 0 Å². The Morgan fingerprint density at radius 2 is 2.06 bits per heavy atom. The lowest BCUT2D eigenvalue weighted by Gasteiger charge is -2.34. The quantitative estimate of drug-likeness (QED) is 0.692. The SMILES string of the molecule is C=C(CCl)N(CC1CCCC1)C1CCSC1. The van der Waals surface area contributed by atoms with E-state index in [0.29, 0.717) is 11.9 Å². The van der Waals surface area contributed by atoms with Crippen molar-refractivity contribution >= 4 is 23.4 Å². The third kappa shape index (κ3) is 3.10. The molecule has 0 radical (unpaired) electrons. The molecular formula is C13H22ClNS. The van der Waals surface area contributed by atoms with Crippen LogP contribution in [0.5, 0.6) is 0 Å². The van der Waals surface area contributed by atoms with Gasteiger partial charge in [0.2, 0.25) is 0 Å². The minimum atomic E-state index is 0.591. The summed E-state index contributed by atoms with van der Waals surface area (Å²) in [6, 6.07) is 0.705. The van der Waals surface area contributed by atoms with Crippen molar-refractivity contribution in [2.24, 2.45) is 5.92 Å². The van der Waals surface area contributed by atoms with Crippen molar-refractivity contribution in [3.8, 4) is 0 Å². The van der Waals surface area contributed by atoms with Crippen molar-refractivity contribution in [2.45, 2.75) is 38.1 Å². The Hall–Kier alpha value is 0.180. The van der Waals surface area contributed by atoms with Crippen LogP contribution in [0.2, 0.25) is 0 Å². The van der Waals surface area contributed by atoms with Crippen LogP contribution in [-0.4, -0.2) is 34.9 Å². The summed E-state index contributed by atoms with van der Waals surface area (Å²) in [5.74, 6) is 4.06. The number of nitrogens with zero attached hydrogens (tertiary/aromatic N) is 1. The fraction of sp³-hybridized carbons (Fsp3) is 0.846. The van der Waals surface area contributed by atoms with Crippen molar-refractivity contribution in [3.63, 3.8) is 0 Å². The van der Waals surface area contributed by atoms with Gasteiger partial charge in [0, 0.05) is 24.0 Å². The van der Waals surface area contributed by atoms with Crippen molar-refractivity contribution in [3.05, 3.63) is 12.3 Å². The lowest BCUT2D eigenvalue weighted by molar-refractivity contribution is 0.233. The molecule has 2 fully saturated rings. The highest BCUT2D eigenvalue weighted by atomic mass is 35.5. The van der Waals surface area contributed by atoms with E-state index in [4.69, 9.17) is 11.6 Å². The van der Waals surface area contributed by atoms with Gasteiger partial charge in [-0.15, -0.1) is 11.6 Å². The molecule has 3 heteroatoms. The van der Waals surface area contributed by atoms with E-state index in [1.54, 1.807) is 0 Å². The fourth-order valence-corrected chi connectivity index (χ4v) is 4.23. The van der Waals surface area contributed by atoms with Crippen molar-refractivity contribution in [2.75, 3.05) is 23.9 Å². The first-order valence-corrected chi connectivity index (χ1v) is 8.08. The van der Waals surface area contributed by atoms with Crippen molar-refractivity contribution in [1.29, 1.82) is 0 Å². The summed E-state index contributed by atoms with van der Waals surface area (Å²) in [6.45, 7) is 5.35.